The van der Waals surface area contributed by atoms with Gasteiger partial charge in [-0.05, 0) is 37.3 Å². The van der Waals surface area contributed by atoms with Crippen LogP contribution in [-0.2, 0) is 9.84 Å². The number of nitrogens with zero attached hydrogens (tertiary/aromatic N) is 3. The molecule has 0 unspecified atom stereocenters. The fraction of sp³-hybridized carbons (Fsp3) is 0.150. The number of carbonyl (C=O) groups excluding carboxylic acids is 1. The Morgan fingerprint density at radius 2 is 1.97 bits per heavy atom. The number of hydrogen-bond donors (Lipinski definition) is 1. The van der Waals surface area contributed by atoms with Crippen LogP contribution in [0.15, 0.2) is 53.4 Å². The maximum Gasteiger partial charge on any atom is 0.256 e. The van der Waals surface area contributed by atoms with E-state index in [1.54, 1.807) is 23.9 Å². The number of aryl methyl sites for hydroxylation is 1. The normalized spacial score (nSPS) is 11.6. The summed E-state index contributed by atoms with van der Waals surface area (Å²) in [6.45, 7) is 1.81. The third-order valence-electron chi connectivity index (χ3n) is 4.36. The molecule has 0 spiro atoms. The zero-order valence-electron chi connectivity index (χ0n) is 16.4. The van der Waals surface area contributed by atoms with E-state index in [1.807, 2.05) is 25.1 Å². The highest BCUT2D eigenvalue weighted by atomic mass is 32.2. The molecule has 0 fully saturated rings. The molecule has 2 aromatic carbocycles. The predicted molar refractivity (Wildman–Crippen MR) is 116 cm³/mol. The van der Waals surface area contributed by atoms with Crippen LogP contribution in [0, 0.1) is 6.92 Å². The standard InChI is InChI=1S/C20H18N4O4S2/c1-12-9-18(22-19(25)13-5-4-6-15(10-13)30(3,26)27)24(23-12)20-21-16-11-14(28-2)7-8-17(16)29-20/h4-11H,1-3H3,(H,22,25). The van der Waals surface area contributed by atoms with Crippen LogP contribution >= 0.6 is 11.3 Å². The van der Waals surface area contributed by atoms with E-state index in [9.17, 15) is 13.2 Å². The van der Waals surface area contributed by atoms with Crippen LogP contribution in [0.1, 0.15) is 16.1 Å². The van der Waals surface area contributed by atoms with Gasteiger partial charge in [0.1, 0.15) is 11.6 Å². The molecule has 8 nitrogen and oxygen atoms in total. The monoisotopic (exact) mass is 442 g/mol. The molecular weight excluding hydrogens is 424 g/mol. The Hall–Kier alpha value is -3.24. The summed E-state index contributed by atoms with van der Waals surface area (Å²) in [6, 6.07) is 13.2. The highest BCUT2D eigenvalue weighted by Crippen LogP contribution is 2.30. The Labute approximate surface area is 177 Å². The summed E-state index contributed by atoms with van der Waals surface area (Å²) >= 11 is 1.43. The third-order valence-corrected chi connectivity index (χ3v) is 6.48. The number of aromatic nitrogens is 3. The van der Waals surface area contributed by atoms with Gasteiger partial charge in [-0.3, -0.25) is 4.79 Å². The Balaban J connectivity index is 1.68. The first-order valence-electron chi connectivity index (χ1n) is 8.88. The van der Waals surface area contributed by atoms with Crippen molar-refractivity contribution in [1.82, 2.24) is 14.8 Å². The van der Waals surface area contributed by atoms with Crippen LogP contribution in [0.4, 0.5) is 5.82 Å². The number of anilines is 1. The molecule has 1 amide bonds. The van der Waals surface area contributed by atoms with Gasteiger partial charge >= 0.3 is 0 Å². The molecule has 4 rings (SSSR count). The molecule has 2 heterocycles. The Bertz CT molecular complexity index is 1370. The van der Waals surface area contributed by atoms with Crippen molar-refractivity contribution in [2.75, 3.05) is 18.7 Å². The molecule has 154 valence electrons. The van der Waals surface area contributed by atoms with Crippen LogP contribution < -0.4 is 10.1 Å². The van der Waals surface area contributed by atoms with Crippen LogP contribution in [0.25, 0.3) is 15.3 Å². The van der Waals surface area contributed by atoms with Gasteiger partial charge in [0.15, 0.2) is 9.84 Å². The molecule has 10 heteroatoms. The minimum Gasteiger partial charge on any atom is -0.497 e. The van der Waals surface area contributed by atoms with E-state index < -0.39 is 15.7 Å². The van der Waals surface area contributed by atoms with Gasteiger partial charge in [-0.2, -0.15) is 9.78 Å². The maximum absolute atomic E-state index is 12.8. The van der Waals surface area contributed by atoms with Gasteiger partial charge in [0, 0.05) is 24.0 Å². The molecule has 0 atom stereocenters. The minimum absolute atomic E-state index is 0.0833. The van der Waals surface area contributed by atoms with Crippen molar-refractivity contribution in [2.45, 2.75) is 11.8 Å². The van der Waals surface area contributed by atoms with E-state index in [0.29, 0.717) is 22.4 Å². The smallest absolute Gasteiger partial charge is 0.256 e. The highest BCUT2D eigenvalue weighted by Gasteiger charge is 2.17. The van der Waals surface area contributed by atoms with E-state index in [2.05, 4.69) is 15.4 Å². The number of carbonyl (C=O) groups is 1. The number of hydrogen-bond acceptors (Lipinski definition) is 7. The molecule has 0 aliphatic heterocycles. The summed E-state index contributed by atoms with van der Waals surface area (Å²) in [5, 5.41) is 7.83. The maximum atomic E-state index is 12.8. The number of sulfone groups is 1. The van der Waals surface area contributed by atoms with Crippen molar-refractivity contribution in [3.8, 4) is 10.9 Å². The molecule has 2 aromatic heterocycles. The quantitative estimate of drug-likeness (QED) is 0.508. The molecule has 0 saturated heterocycles. The summed E-state index contributed by atoms with van der Waals surface area (Å²) in [5.41, 5.74) is 1.70. The van der Waals surface area contributed by atoms with Gasteiger partial charge in [-0.1, -0.05) is 17.4 Å². The number of methoxy groups -OCH3 is 1. The van der Waals surface area contributed by atoms with Crippen LogP contribution in [0.5, 0.6) is 5.75 Å². The first kappa shape index (κ1) is 20.0. The van der Waals surface area contributed by atoms with Crippen molar-refractivity contribution in [2.24, 2.45) is 0 Å². The summed E-state index contributed by atoms with van der Waals surface area (Å²) in [6.07, 6.45) is 1.10. The van der Waals surface area contributed by atoms with Crippen LogP contribution in [-0.4, -0.2) is 42.5 Å². The van der Waals surface area contributed by atoms with Gasteiger partial charge < -0.3 is 10.1 Å². The van der Waals surface area contributed by atoms with Gasteiger partial charge in [0.2, 0.25) is 5.13 Å². The molecule has 4 aromatic rings. The van der Waals surface area contributed by atoms with E-state index in [4.69, 9.17) is 4.74 Å². The number of ether oxygens (including phenoxy) is 1. The Morgan fingerprint density at radius 3 is 2.70 bits per heavy atom. The fourth-order valence-electron chi connectivity index (χ4n) is 2.90. The number of benzene rings is 2. The second kappa shape index (κ2) is 7.54. The van der Waals surface area contributed by atoms with E-state index in [1.165, 1.54) is 29.5 Å². The number of thiazole rings is 1. The van der Waals surface area contributed by atoms with Gasteiger partial charge in [-0.15, -0.1) is 0 Å². The molecule has 0 saturated carbocycles. The molecular formula is C20H18N4O4S2. The van der Waals surface area contributed by atoms with Crippen molar-refractivity contribution in [1.29, 1.82) is 0 Å². The molecule has 0 aliphatic rings. The number of fused-ring (bicyclic) bond motifs is 1. The van der Waals surface area contributed by atoms with Crippen molar-refractivity contribution in [3.05, 3.63) is 59.8 Å². The summed E-state index contributed by atoms with van der Waals surface area (Å²) < 4.78 is 31.3. The molecule has 0 aliphatic carbocycles. The van der Waals surface area contributed by atoms with Gasteiger partial charge in [0.25, 0.3) is 5.91 Å². The first-order valence-corrected chi connectivity index (χ1v) is 11.6. The molecule has 0 radical (unpaired) electrons. The van der Waals surface area contributed by atoms with Gasteiger partial charge in [-0.25, -0.2) is 13.4 Å². The van der Waals surface area contributed by atoms with E-state index >= 15 is 0 Å². The predicted octanol–water partition coefficient (Wildman–Crippen LogP) is 3.45. The lowest BCUT2D eigenvalue weighted by atomic mass is 10.2. The number of amides is 1. The SMILES string of the molecule is COc1ccc2sc(-n3nc(C)cc3NC(=O)c3cccc(S(C)(=O)=O)c3)nc2c1. The van der Waals surface area contributed by atoms with Crippen LogP contribution in [0.3, 0.4) is 0 Å². The lowest BCUT2D eigenvalue weighted by Crippen LogP contribution is -2.15. The Morgan fingerprint density at radius 1 is 1.17 bits per heavy atom. The second-order valence-electron chi connectivity index (χ2n) is 6.67. The number of rotatable bonds is 5. The van der Waals surface area contributed by atoms with Gasteiger partial charge in [0.05, 0.1) is 27.9 Å². The Kier molecular flexibility index (Phi) is 5.04. The highest BCUT2D eigenvalue weighted by molar-refractivity contribution is 7.90. The lowest BCUT2D eigenvalue weighted by Gasteiger charge is -2.07. The third kappa shape index (κ3) is 3.91. The van der Waals surface area contributed by atoms with Crippen LogP contribution in [0.2, 0.25) is 0 Å². The zero-order valence-corrected chi connectivity index (χ0v) is 18.0. The molecule has 0 bridgehead atoms. The second-order valence-corrected chi connectivity index (χ2v) is 9.69. The topological polar surface area (TPSA) is 103 Å². The fourth-order valence-corrected chi connectivity index (χ4v) is 4.48. The average molecular weight is 443 g/mol. The average Bonchev–Trinajstić information content (AvgIpc) is 3.29. The summed E-state index contributed by atoms with van der Waals surface area (Å²) in [5.74, 6) is 0.702. The summed E-state index contributed by atoms with van der Waals surface area (Å²) in [4.78, 5) is 17.4. The largest absolute Gasteiger partial charge is 0.497 e. The lowest BCUT2D eigenvalue weighted by molar-refractivity contribution is 0.102. The summed E-state index contributed by atoms with van der Waals surface area (Å²) in [7, 11) is -1.82. The van der Waals surface area contributed by atoms with E-state index in [0.717, 1.165) is 16.5 Å². The first-order chi connectivity index (χ1) is 14.2. The van der Waals surface area contributed by atoms with Crippen molar-refractivity contribution < 1.29 is 17.9 Å². The van der Waals surface area contributed by atoms with Crippen molar-refractivity contribution >= 4 is 43.1 Å². The van der Waals surface area contributed by atoms with Crippen molar-refractivity contribution in [3.63, 3.8) is 0 Å². The minimum atomic E-state index is -3.42. The number of nitrogens with one attached hydrogen (secondary N) is 1. The molecule has 30 heavy (non-hydrogen) atoms. The van der Waals surface area contributed by atoms with E-state index in [-0.39, 0.29) is 10.5 Å². The zero-order chi connectivity index (χ0) is 21.5. The molecule has 1 N–H and O–H groups in total.